The Morgan fingerprint density at radius 1 is 1.59 bits per heavy atom. The van der Waals surface area contributed by atoms with Crippen molar-refractivity contribution in [2.24, 2.45) is 5.92 Å². The third kappa shape index (κ3) is 2.22. The lowest BCUT2D eigenvalue weighted by molar-refractivity contribution is -0.117. The number of halogens is 1. The molecule has 90 valence electrons. The number of benzene rings is 1. The van der Waals surface area contributed by atoms with E-state index in [4.69, 9.17) is 5.73 Å². The molecule has 3 nitrogen and oxygen atoms in total. The fourth-order valence-corrected chi connectivity index (χ4v) is 2.38. The van der Waals surface area contributed by atoms with Gasteiger partial charge in [0.25, 0.3) is 0 Å². The Labute approximate surface area is 109 Å². The first kappa shape index (κ1) is 12.2. The number of nitrogens with zero attached hydrogens (tertiary/aromatic N) is 1. The molecule has 1 heterocycles. The molecule has 4 heteroatoms. The highest BCUT2D eigenvalue weighted by Crippen LogP contribution is 2.34. The highest BCUT2D eigenvalue weighted by Gasteiger charge is 2.29. The molecule has 1 aromatic rings. The van der Waals surface area contributed by atoms with Crippen LogP contribution in [-0.2, 0) is 4.79 Å². The molecule has 0 spiro atoms. The van der Waals surface area contributed by atoms with Gasteiger partial charge < -0.3 is 10.6 Å². The van der Waals surface area contributed by atoms with E-state index < -0.39 is 0 Å². The van der Waals surface area contributed by atoms with Crippen molar-refractivity contribution in [3.63, 3.8) is 0 Å². The van der Waals surface area contributed by atoms with E-state index in [-0.39, 0.29) is 11.8 Å². The third-order valence-electron chi connectivity index (χ3n) is 3.09. The lowest BCUT2D eigenvalue weighted by atomic mass is 10.1. The first-order chi connectivity index (χ1) is 8.02. The summed E-state index contributed by atoms with van der Waals surface area (Å²) in [4.78, 5) is 13.6. The molecule has 17 heavy (non-hydrogen) atoms. The monoisotopic (exact) mass is 294 g/mol. The molecule has 0 saturated carbocycles. The van der Waals surface area contributed by atoms with Crippen molar-refractivity contribution in [2.45, 2.75) is 13.3 Å². The highest BCUT2D eigenvalue weighted by molar-refractivity contribution is 9.10. The van der Waals surface area contributed by atoms with Crippen LogP contribution in [0, 0.1) is 12.8 Å². The first-order valence-electron chi connectivity index (χ1n) is 5.51. The van der Waals surface area contributed by atoms with Gasteiger partial charge in [-0.15, -0.1) is 6.58 Å². The molecule has 1 atom stereocenters. The van der Waals surface area contributed by atoms with Gasteiger partial charge in [-0.05, 0) is 24.6 Å². The van der Waals surface area contributed by atoms with Gasteiger partial charge in [-0.2, -0.15) is 0 Å². The summed E-state index contributed by atoms with van der Waals surface area (Å²) in [7, 11) is 0. The van der Waals surface area contributed by atoms with E-state index in [0.29, 0.717) is 18.7 Å². The Bertz CT molecular complexity index is 485. The average molecular weight is 295 g/mol. The van der Waals surface area contributed by atoms with E-state index >= 15 is 0 Å². The predicted octanol–water partition coefficient (Wildman–Crippen LogP) is 2.88. The van der Waals surface area contributed by atoms with E-state index in [1.807, 2.05) is 25.1 Å². The summed E-state index contributed by atoms with van der Waals surface area (Å²) >= 11 is 3.47. The number of carbonyl (C=O) groups excluding carboxylic acids is 1. The highest BCUT2D eigenvalue weighted by atomic mass is 79.9. The van der Waals surface area contributed by atoms with Gasteiger partial charge in [-0.1, -0.05) is 22.0 Å². The van der Waals surface area contributed by atoms with Crippen molar-refractivity contribution in [1.82, 2.24) is 0 Å². The third-order valence-corrected chi connectivity index (χ3v) is 3.94. The number of nitrogens with two attached hydrogens (primary N) is 1. The van der Waals surface area contributed by atoms with Crippen molar-refractivity contribution in [3.8, 4) is 0 Å². The second-order valence-electron chi connectivity index (χ2n) is 4.36. The van der Waals surface area contributed by atoms with Crippen LogP contribution in [0.15, 0.2) is 29.3 Å². The number of hydrogen-bond acceptors (Lipinski definition) is 2. The van der Waals surface area contributed by atoms with Crippen LogP contribution in [0.5, 0.6) is 0 Å². The molecule has 0 radical (unpaired) electrons. The smallest absolute Gasteiger partial charge is 0.227 e. The van der Waals surface area contributed by atoms with Gasteiger partial charge in [-0.25, -0.2) is 0 Å². The predicted molar refractivity (Wildman–Crippen MR) is 73.9 cm³/mol. The number of anilines is 2. The van der Waals surface area contributed by atoms with Crippen LogP contribution in [0.1, 0.15) is 12.0 Å². The topological polar surface area (TPSA) is 46.3 Å². The molecule has 2 rings (SSSR count). The van der Waals surface area contributed by atoms with Gasteiger partial charge in [-0.3, -0.25) is 4.79 Å². The minimum absolute atomic E-state index is 0.109. The van der Waals surface area contributed by atoms with Crippen LogP contribution >= 0.6 is 15.9 Å². The summed E-state index contributed by atoms with van der Waals surface area (Å²) in [6.07, 6.45) is 2.35. The van der Waals surface area contributed by atoms with E-state index in [1.165, 1.54) is 0 Å². The maximum Gasteiger partial charge on any atom is 0.227 e. The first-order valence-corrected chi connectivity index (χ1v) is 6.30. The van der Waals surface area contributed by atoms with E-state index in [2.05, 4.69) is 22.5 Å². The Morgan fingerprint density at radius 3 is 2.88 bits per heavy atom. The number of amides is 1. The molecule has 1 aromatic carbocycles. The van der Waals surface area contributed by atoms with E-state index in [1.54, 1.807) is 4.90 Å². The molecule has 1 fully saturated rings. The number of carbonyl (C=O) groups is 1. The number of rotatable bonds is 2. The summed E-state index contributed by atoms with van der Waals surface area (Å²) in [6, 6.07) is 3.79. The summed E-state index contributed by atoms with van der Waals surface area (Å²) < 4.78 is 0.969. The van der Waals surface area contributed by atoms with Crippen LogP contribution < -0.4 is 10.6 Å². The Balaban J connectivity index is 2.38. The number of hydrogen-bond donors (Lipinski definition) is 1. The van der Waals surface area contributed by atoms with Gasteiger partial charge in [0.05, 0.1) is 11.4 Å². The molecule has 0 aromatic heterocycles. The molecular weight excluding hydrogens is 280 g/mol. The van der Waals surface area contributed by atoms with Crippen molar-refractivity contribution >= 4 is 33.2 Å². The van der Waals surface area contributed by atoms with Crippen LogP contribution in [0.4, 0.5) is 11.4 Å². The SMILES string of the molecule is C=CC1CC(=O)N(c2cc(Br)c(C)cc2N)C1. The zero-order valence-corrected chi connectivity index (χ0v) is 11.3. The normalized spacial score (nSPS) is 19.8. The van der Waals surface area contributed by atoms with Crippen molar-refractivity contribution in [1.29, 1.82) is 0 Å². The maximum atomic E-state index is 11.9. The molecule has 1 amide bonds. The van der Waals surface area contributed by atoms with E-state index in [9.17, 15) is 4.79 Å². The van der Waals surface area contributed by atoms with Gasteiger partial charge in [0.1, 0.15) is 0 Å². The van der Waals surface area contributed by atoms with E-state index in [0.717, 1.165) is 15.7 Å². The zero-order chi connectivity index (χ0) is 12.6. The quantitative estimate of drug-likeness (QED) is 0.673. The molecule has 0 bridgehead atoms. The molecule has 1 unspecified atom stereocenters. The molecule has 1 aliphatic rings. The standard InChI is InChI=1S/C13H15BrN2O/c1-3-9-5-13(17)16(7-9)12-6-10(14)8(2)4-11(12)15/h3-4,6,9H,1,5,7,15H2,2H3. The second kappa shape index (κ2) is 4.53. The fraction of sp³-hybridized carbons (Fsp3) is 0.308. The summed E-state index contributed by atoms with van der Waals surface area (Å²) in [5.41, 5.74) is 8.48. The Morgan fingerprint density at radius 2 is 2.29 bits per heavy atom. The van der Waals surface area contributed by atoms with Crippen molar-refractivity contribution < 1.29 is 4.79 Å². The fourth-order valence-electron chi connectivity index (χ4n) is 2.05. The number of aryl methyl sites for hydroxylation is 1. The largest absolute Gasteiger partial charge is 0.397 e. The molecule has 1 aliphatic heterocycles. The summed E-state index contributed by atoms with van der Waals surface area (Å²) in [5.74, 6) is 0.333. The molecule has 1 saturated heterocycles. The molecular formula is C13H15BrN2O. The van der Waals surface area contributed by atoms with Gasteiger partial charge in [0.2, 0.25) is 5.91 Å². The minimum atomic E-state index is 0.109. The number of nitrogen functional groups attached to an aromatic ring is 1. The summed E-state index contributed by atoms with van der Waals surface area (Å²) in [5, 5.41) is 0. The molecule has 0 aliphatic carbocycles. The maximum absolute atomic E-state index is 11.9. The van der Waals surface area contributed by atoms with Gasteiger partial charge in [0.15, 0.2) is 0 Å². The minimum Gasteiger partial charge on any atom is -0.397 e. The lowest BCUT2D eigenvalue weighted by Crippen LogP contribution is -2.25. The zero-order valence-electron chi connectivity index (χ0n) is 9.74. The van der Waals surface area contributed by atoms with Crippen LogP contribution in [0.25, 0.3) is 0 Å². The van der Waals surface area contributed by atoms with Crippen molar-refractivity contribution in [2.75, 3.05) is 17.2 Å². The average Bonchev–Trinajstić information content (AvgIpc) is 2.65. The summed E-state index contributed by atoms with van der Waals surface area (Å²) in [6.45, 7) is 6.38. The van der Waals surface area contributed by atoms with Crippen LogP contribution in [0.2, 0.25) is 0 Å². The molecule has 2 N–H and O–H groups in total. The van der Waals surface area contributed by atoms with Crippen LogP contribution in [-0.4, -0.2) is 12.5 Å². The van der Waals surface area contributed by atoms with Gasteiger partial charge in [0, 0.05) is 23.4 Å². The van der Waals surface area contributed by atoms with Crippen LogP contribution in [0.3, 0.4) is 0 Å². The Hall–Kier alpha value is -1.29. The Kier molecular flexibility index (Phi) is 3.24. The lowest BCUT2D eigenvalue weighted by Gasteiger charge is -2.19. The second-order valence-corrected chi connectivity index (χ2v) is 5.22. The van der Waals surface area contributed by atoms with Gasteiger partial charge >= 0.3 is 0 Å². The van der Waals surface area contributed by atoms with Crippen molar-refractivity contribution in [3.05, 3.63) is 34.8 Å².